The second-order valence-electron chi connectivity index (χ2n) is 4.78. The monoisotopic (exact) mass is 232 g/mol. The molecule has 0 bridgehead atoms. The van der Waals surface area contributed by atoms with Crippen LogP contribution in [0.25, 0.3) is 0 Å². The van der Waals surface area contributed by atoms with Gasteiger partial charge in [-0.25, -0.2) is 0 Å². The third-order valence-electron chi connectivity index (χ3n) is 3.42. The van der Waals surface area contributed by atoms with Crippen molar-refractivity contribution in [2.75, 3.05) is 31.1 Å². The molecular weight excluding hydrogens is 212 g/mol. The van der Waals surface area contributed by atoms with Crippen molar-refractivity contribution >= 4 is 11.6 Å². The number of nitrogens with zero attached hydrogens (tertiary/aromatic N) is 2. The van der Waals surface area contributed by atoms with Crippen molar-refractivity contribution in [1.29, 1.82) is 0 Å². The number of hydrogen-bond donors (Lipinski definition) is 0. The molecule has 0 aliphatic carbocycles. The second kappa shape index (κ2) is 4.78. The van der Waals surface area contributed by atoms with Gasteiger partial charge in [-0.1, -0.05) is 17.7 Å². The standard InChI is InChI=1S/C14H20N2O/c1-11-4-5-14(12(2)10-11)16-8-6-15(7-9-16)13(3)17/h4-5,10H,6-9H2,1-3H3. The summed E-state index contributed by atoms with van der Waals surface area (Å²) in [5.41, 5.74) is 3.92. The maximum Gasteiger partial charge on any atom is 0.219 e. The van der Waals surface area contributed by atoms with Crippen LogP contribution in [0.4, 0.5) is 5.69 Å². The maximum atomic E-state index is 11.3. The smallest absolute Gasteiger partial charge is 0.219 e. The maximum absolute atomic E-state index is 11.3. The first-order valence-electron chi connectivity index (χ1n) is 6.15. The Bertz CT molecular complexity index is 420. The van der Waals surface area contributed by atoms with Crippen LogP contribution in [-0.4, -0.2) is 37.0 Å². The van der Waals surface area contributed by atoms with Gasteiger partial charge >= 0.3 is 0 Å². The minimum Gasteiger partial charge on any atom is -0.368 e. The van der Waals surface area contributed by atoms with Crippen molar-refractivity contribution in [2.24, 2.45) is 0 Å². The second-order valence-corrected chi connectivity index (χ2v) is 4.78. The van der Waals surface area contributed by atoms with Crippen LogP contribution in [0.3, 0.4) is 0 Å². The average molecular weight is 232 g/mol. The number of piperazine rings is 1. The van der Waals surface area contributed by atoms with Crippen LogP contribution < -0.4 is 4.90 Å². The Morgan fingerprint density at radius 3 is 2.29 bits per heavy atom. The molecule has 0 unspecified atom stereocenters. The largest absolute Gasteiger partial charge is 0.368 e. The Morgan fingerprint density at radius 1 is 1.12 bits per heavy atom. The van der Waals surface area contributed by atoms with Gasteiger partial charge in [-0.2, -0.15) is 0 Å². The molecule has 1 aromatic rings. The summed E-state index contributed by atoms with van der Waals surface area (Å²) in [6.07, 6.45) is 0. The Labute approximate surface area is 103 Å². The third-order valence-corrected chi connectivity index (χ3v) is 3.42. The third kappa shape index (κ3) is 2.60. The molecule has 0 N–H and O–H groups in total. The summed E-state index contributed by atoms with van der Waals surface area (Å²) < 4.78 is 0. The molecule has 1 fully saturated rings. The first-order valence-corrected chi connectivity index (χ1v) is 6.15. The summed E-state index contributed by atoms with van der Waals surface area (Å²) in [6.45, 7) is 9.45. The number of rotatable bonds is 1. The molecule has 1 heterocycles. The molecule has 2 rings (SSSR count). The van der Waals surface area contributed by atoms with Gasteiger partial charge in [-0.3, -0.25) is 4.79 Å². The highest BCUT2D eigenvalue weighted by molar-refractivity contribution is 5.73. The summed E-state index contributed by atoms with van der Waals surface area (Å²) >= 11 is 0. The number of aryl methyl sites for hydroxylation is 2. The molecule has 0 spiro atoms. The van der Waals surface area contributed by atoms with Crippen LogP contribution in [0.2, 0.25) is 0 Å². The van der Waals surface area contributed by atoms with E-state index in [1.54, 1.807) is 6.92 Å². The summed E-state index contributed by atoms with van der Waals surface area (Å²) in [6, 6.07) is 6.56. The van der Waals surface area contributed by atoms with Gasteiger partial charge < -0.3 is 9.80 Å². The van der Waals surface area contributed by atoms with Crippen LogP contribution in [0.5, 0.6) is 0 Å². The fourth-order valence-corrected chi connectivity index (χ4v) is 2.42. The lowest BCUT2D eigenvalue weighted by atomic mass is 10.1. The van der Waals surface area contributed by atoms with Crippen molar-refractivity contribution in [2.45, 2.75) is 20.8 Å². The molecule has 3 nitrogen and oxygen atoms in total. The van der Waals surface area contributed by atoms with E-state index in [0.29, 0.717) is 0 Å². The first kappa shape index (κ1) is 12.0. The summed E-state index contributed by atoms with van der Waals surface area (Å²) in [7, 11) is 0. The van der Waals surface area contributed by atoms with Crippen molar-refractivity contribution in [3.8, 4) is 0 Å². The average Bonchev–Trinajstić information content (AvgIpc) is 2.29. The predicted molar refractivity (Wildman–Crippen MR) is 70.4 cm³/mol. The van der Waals surface area contributed by atoms with Gasteiger partial charge in [0.15, 0.2) is 0 Å². The zero-order valence-corrected chi connectivity index (χ0v) is 10.9. The highest BCUT2D eigenvalue weighted by Gasteiger charge is 2.19. The van der Waals surface area contributed by atoms with E-state index in [1.807, 2.05) is 4.90 Å². The number of anilines is 1. The minimum absolute atomic E-state index is 0.185. The Hall–Kier alpha value is -1.51. The lowest BCUT2D eigenvalue weighted by Crippen LogP contribution is -2.48. The SMILES string of the molecule is CC(=O)N1CCN(c2ccc(C)cc2C)CC1. The van der Waals surface area contributed by atoms with Gasteiger partial charge in [0.05, 0.1) is 0 Å². The molecule has 1 aliphatic heterocycles. The van der Waals surface area contributed by atoms with E-state index < -0.39 is 0 Å². The first-order chi connectivity index (χ1) is 8.08. The fraction of sp³-hybridized carbons (Fsp3) is 0.500. The number of hydrogen-bond acceptors (Lipinski definition) is 2. The van der Waals surface area contributed by atoms with Crippen LogP contribution in [-0.2, 0) is 4.79 Å². The number of carbonyl (C=O) groups excluding carboxylic acids is 1. The normalized spacial score (nSPS) is 16.2. The van der Waals surface area contributed by atoms with Crippen molar-refractivity contribution in [1.82, 2.24) is 4.90 Å². The molecule has 0 saturated carbocycles. The van der Waals surface area contributed by atoms with E-state index >= 15 is 0 Å². The number of amides is 1. The molecular formula is C14H20N2O. The van der Waals surface area contributed by atoms with E-state index in [9.17, 15) is 4.79 Å². The van der Waals surface area contributed by atoms with Crippen LogP contribution in [0, 0.1) is 13.8 Å². The van der Waals surface area contributed by atoms with Gasteiger partial charge in [0.1, 0.15) is 0 Å². The molecule has 1 saturated heterocycles. The number of carbonyl (C=O) groups is 1. The topological polar surface area (TPSA) is 23.6 Å². The lowest BCUT2D eigenvalue weighted by Gasteiger charge is -2.36. The van der Waals surface area contributed by atoms with E-state index in [1.165, 1.54) is 16.8 Å². The van der Waals surface area contributed by atoms with Crippen LogP contribution >= 0.6 is 0 Å². The molecule has 3 heteroatoms. The van der Waals surface area contributed by atoms with Crippen LogP contribution in [0.1, 0.15) is 18.1 Å². The molecule has 1 aliphatic rings. The van der Waals surface area contributed by atoms with Gasteiger partial charge in [-0.15, -0.1) is 0 Å². The quantitative estimate of drug-likeness (QED) is 0.739. The molecule has 1 aromatic carbocycles. The van der Waals surface area contributed by atoms with E-state index in [2.05, 4.69) is 36.9 Å². The number of benzene rings is 1. The predicted octanol–water partition coefficient (Wildman–Crippen LogP) is 1.97. The van der Waals surface area contributed by atoms with E-state index in [0.717, 1.165) is 26.2 Å². The lowest BCUT2D eigenvalue weighted by molar-refractivity contribution is -0.129. The van der Waals surface area contributed by atoms with Crippen molar-refractivity contribution < 1.29 is 4.79 Å². The van der Waals surface area contributed by atoms with Gasteiger partial charge in [0.25, 0.3) is 0 Å². The molecule has 0 atom stereocenters. The minimum atomic E-state index is 0.185. The van der Waals surface area contributed by atoms with Crippen LogP contribution in [0.15, 0.2) is 18.2 Å². The Morgan fingerprint density at radius 2 is 1.76 bits per heavy atom. The van der Waals surface area contributed by atoms with Gasteiger partial charge in [0.2, 0.25) is 5.91 Å². The highest BCUT2D eigenvalue weighted by atomic mass is 16.2. The van der Waals surface area contributed by atoms with Gasteiger partial charge in [-0.05, 0) is 25.5 Å². The summed E-state index contributed by atoms with van der Waals surface area (Å²) in [5, 5.41) is 0. The van der Waals surface area contributed by atoms with Crippen molar-refractivity contribution in [3.05, 3.63) is 29.3 Å². The fourth-order valence-electron chi connectivity index (χ4n) is 2.42. The van der Waals surface area contributed by atoms with Gasteiger partial charge in [0, 0.05) is 38.8 Å². The molecule has 92 valence electrons. The molecule has 0 radical (unpaired) electrons. The zero-order chi connectivity index (χ0) is 12.4. The Kier molecular flexibility index (Phi) is 3.36. The summed E-state index contributed by atoms with van der Waals surface area (Å²) in [4.78, 5) is 15.5. The highest BCUT2D eigenvalue weighted by Crippen LogP contribution is 2.22. The molecule has 1 amide bonds. The molecule has 17 heavy (non-hydrogen) atoms. The van der Waals surface area contributed by atoms with Crippen molar-refractivity contribution in [3.63, 3.8) is 0 Å². The van der Waals surface area contributed by atoms with E-state index in [4.69, 9.17) is 0 Å². The zero-order valence-electron chi connectivity index (χ0n) is 10.9. The van der Waals surface area contributed by atoms with E-state index in [-0.39, 0.29) is 5.91 Å². The Balaban J connectivity index is 2.08. The molecule has 0 aromatic heterocycles. The summed E-state index contributed by atoms with van der Waals surface area (Å²) in [5.74, 6) is 0.185.